The van der Waals surface area contributed by atoms with Gasteiger partial charge in [-0.3, -0.25) is 4.79 Å². The Kier molecular flexibility index (Phi) is 6.34. The Balaban J connectivity index is 3.46. The molecule has 0 aliphatic heterocycles. The fraction of sp³-hybridized carbons (Fsp3) is 0.750. The second-order valence-electron chi connectivity index (χ2n) is 4.41. The first-order valence-corrected chi connectivity index (χ1v) is 6.00. The van der Waals surface area contributed by atoms with Gasteiger partial charge in [0.1, 0.15) is 5.78 Å². The van der Waals surface area contributed by atoms with E-state index < -0.39 is 0 Å². The minimum Gasteiger partial charge on any atom is -0.298 e. The number of Topliss-reactive ketones (excluding diaryl/α,β-unsaturated/α-hetero) is 1. The predicted molar refractivity (Wildman–Crippen MR) is 65.9 cm³/mol. The molecule has 0 heterocycles. The van der Waals surface area contributed by atoms with E-state index in [0.717, 1.165) is 25.7 Å². The predicted octanol–water partition coefficient (Wildman–Crippen LogP) is 4.26. The molecule has 1 nitrogen and oxygen atoms in total. The summed E-state index contributed by atoms with van der Waals surface area (Å²) >= 11 is 3.37. The van der Waals surface area contributed by atoms with Crippen molar-refractivity contribution in [1.29, 1.82) is 0 Å². The summed E-state index contributed by atoms with van der Waals surface area (Å²) in [5.74, 6) is 0.299. The molecule has 0 aliphatic rings. The maximum Gasteiger partial charge on any atom is 0.148 e. The standard InChI is InChI=1S/C12H21BrO/c1-10(2)8-6-5-7-9-11(14)12(3,4)13/h1,5-9H2,2-4H3. The second-order valence-corrected chi connectivity index (χ2v) is 6.40. The molecule has 0 amide bonds. The molecule has 0 N–H and O–H groups in total. The number of allylic oxidation sites excluding steroid dienone is 1. The molecule has 0 aromatic carbocycles. The van der Waals surface area contributed by atoms with E-state index in [1.54, 1.807) is 0 Å². The van der Waals surface area contributed by atoms with Crippen LogP contribution >= 0.6 is 15.9 Å². The van der Waals surface area contributed by atoms with Gasteiger partial charge >= 0.3 is 0 Å². The molecule has 2 heteroatoms. The number of carbonyl (C=O) groups excluding carboxylic acids is 1. The van der Waals surface area contributed by atoms with Crippen molar-refractivity contribution in [2.45, 2.75) is 57.2 Å². The first kappa shape index (κ1) is 13.9. The summed E-state index contributed by atoms with van der Waals surface area (Å²) in [6.45, 7) is 9.71. The molecule has 0 spiro atoms. The van der Waals surface area contributed by atoms with Crippen molar-refractivity contribution in [2.75, 3.05) is 0 Å². The summed E-state index contributed by atoms with van der Waals surface area (Å²) in [6.07, 6.45) is 5.06. The number of carbonyl (C=O) groups is 1. The molecule has 0 radical (unpaired) electrons. The average Bonchev–Trinajstić information content (AvgIpc) is 2.01. The van der Waals surface area contributed by atoms with Crippen LogP contribution in [0.3, 0.4) is 0 Å². The van der Waals surface area contributed by atoms with Crippen molar-refractivity contribution in [3.63, 3.8) is 0 Å². The van der Waals surface area contributed by atoms with E-state index in [1.165, 1.54) is 5.57 Å². The van der Waals surface area contributed by atoms with E-state index >= 15 is 0 Å². The van der Waals surface area contributed by atoms with E-state index in [0.29, 0.717) is 12.2 Å². The molecule has 82 valence electrons. The van der Waals surface area contributed by atoms with Crippen molar-refractivity contribution in [2.24, 2.45) is 0 Å². The third-order valence-corrected chi connectivity index (χ3v) is 2.61. The number of halogens is 1. The number of ketones is 1. The minimum absolute atomic E-state index is 0.299. The van der Waals surface area contributed by atoms with Crippen LogP contribution in [0.5, 0.6) is 0 Å². The van der Waals surface area contributed by atoms with Crippen LogP contribution in [0.4, 0.5) is 0 Å². The Morgan fingerprint density at radius 3 is 2.14 bits per heavy atom. The molecule has 0 rings (SSSR count). The van der Waals surface area contributed by atoms with Crippen molar-refractivity contribution in [3.8, 4) is 0 Å². The van der Waals surface area contributed by atoms with Gasteiger partial charge in [-0.05, 0) is 40.0 Å². The van der Waals surface area contributed by atoms with Crippen LogP contribution in [0, 0.1) is 0 Å². The van der Waals surface area contributed by atoms with Crippen LogP contribution in [0.2, 0.25) is 0 Å². The summed E-state index contributed by atoms with van der Waals surface area (Å²) in [5, 5.41) is 0. The van der Waals surface area contributed by atoms with Crippen molar-refractivity contribution < 1.29 is 4.79 Å². The smallest absolute Gasteiger partial charge is 0.148 e. The number of hydrogen-bond donors (Lipinski definition) is 0. The molecule has 0 aliphatic carbocycles. The molecule has 0 saturated carbocycles. The number of alkyl halides is 1. The molecule has 0 atom stereocenters. The largest absolute Gasteiger partial charge is 0.298 e. The average molecular weight is 261 g/mol. The summed E-state index contributed by atoms with van der Waals surface area (Å²) < 4.78 is -0.346. The summed E-state index contributed by atoms with van der Waals surface area (Å²) in [5.41, 5.74) is 1.23. The van der Waals surface area contributed by atoms with Crippen LogP contribution in [0.1, 0.15) is 52.9 Å². The fourth-order valence-corrected chi connectivity index (χ4v) is 1.38. The maximum absolute atomic E-state index is 11.5. The van der Waals surface area contributed by atoms with E-state index in [2.05, 4.69) is 22.5 Å². The zero-order valence-electron chi connectivity index (χ0n) is 9.53. The van der Waals surface area contributed by atoms with Gasteiger partial charge in [0.15, 0.2) is 0 Å². The van der Waals surface area contributed by atoms with Crippen LogP contribution in [0.15, 0.2) is 12.2 Å². The normalized spacial score (nSPS) is 11.4. The first-order chi connectivity index (χ1) is 6.34. The summed E-state index contributed by atoms with van der Waals surface area (Å²) in [7, 11) is 0. The van der Waals surface area contributed by atoms with Crippen LogP contribution in [0.25, 0.3) is 0 Å². The van der Waals surface area contributed by atoms with E-state index in [-0.39, 0.29) is 4.32 Å². The fourth-order valence-electron chi connectivity index (χ4n) is 1.19. The van der Waals surface area contributed by atoms with E-state index in [9.17, 15) is 4.79 Å². The highest BCUT2D eigenvalue weighted by molar-refractivity contribution is 9.10. The number of unbranched alkanes of at least 4 members (excludes halogenated alkanes) is 2. The third-order valence-electron chi connectivity index (χ3n) is 2.17. The summed E-state index contributed by atoms with van der Waals surface area (Å²) in [6, 6.07) is 0. The molecule has 0 unspecified atom stereocenters. The lowest BCUT2D eigenvalue weighted by Gasteiger charge is -2.13. The van der Waals surface area contributed by atoms with Crippen LogP contribution in [-0.2, 0) is 4.79 Å². The van der Waals surface area contributed by atoms with Crippen molar-refractivity contribution in [3.05, 3.63) is 12.2 Å². The molecule has 0 saturated heterocycles. The molecule has 0 aromatic rings. The number of rotatable bonds is 7. The van der Waals surface area contributed by atoms with Gasteiger partial charge in [0.25, 0.3) is 0 Å². The van der Waals surface area contributed by atoms with Gasteiger partial charge < -0.3 is 0 Å². The Bertz CT molecular complexity index is 201. The molecule has 0 fully saturated rings. The van der Waals surface area contributed by atoms with Crippen molar-refractivity contribution >= 4 is 21.7 Å². The lowest BCUT2D eigenvalue weighted by Crippen LogP contribution is -2.23. The van der Waals surface area contributed by atoms with Gasteiger partial charge in [0.05, 0.1) is 4.32 Å². The lowest BCUT2D eigenvalue weighted by molar-refractivity contribution is -0.120. The Morgan fingerprint density at radius 2 is 1.71 bits per heavy atom. The highest BCUT2D eigenvalue weighted by Crippen LogP contribution is 2.20. The van der Waals surface area contributed by atoms with Crippen LogP contribution < -0.4 is 0 Å². The molecule has 14 heavy (non-hydrogen) atoms. The Morgan fingerprint density at radius 1 is 1.21 bits per heavy atom. The molecule has 0 bridgehead atoms. The highest BCUT2D eigenvalue weighted by Gasteiger charge is 2.22. The SMILES string of the molecule is C=C(C)CCCCCC(=O)C(C)(C)Br. The zero-order valence-corrected chi connectivity index (χ0v) is 11.1. The zero-order chi connectivity index (χ0) is 11.2. The lowest BCUT2D eigenvalue weighted by atomic mass is 10.0. The summed E-state index contributed by atoms with van der Waals surface area (Å²) in [4.78, 5) is 11.5. The second kappa shape index (κ2) is 6.39. The van der Waals surface area contributed by atoms with Crippen molar-refractivity contribution in [1.82, 2.24) is 0 Å². The van der Waals surface area contributed by atoms with E-state index in [1.807, 2.05) is 20.8 Å². The van der Waals surface area contributed by atoms with Gasteiger partial charge in [0.2, 0.25) is 0 Å². The molecular weight excluding hydrogens is 240 g/mol. The Hall–Kier alpha value is -0.110. The van der Waals surface area contributed by atoms with Gasteiger partial charge in [-0.15, -0.1) is 6.58 Å². The number of hydrogen-bond acceptors (Lipinski definition) is 1. The van der Waals surface area contributed by atoms with Crippen LogP contribution in [-0.4, -0.2) is 10.1 Å². The maximum atomic E-state index is 11.5. The van der Waals surface area contributed by atoms with Gasteiger partial charge in [-0.25, -0.2) is 0 Å². The van der Waals surface area contributed by atoms with E-state index in [4.69, 9.17) is 0 Å². The van der Waals surface area contributed by atoms with Gasteiger partial charge in [-0.1, -0.05) is 27.9 Å². The van der Waals surface area contributed by atoms with Gasteiger partial charge in [-0.2, -0.15) is 0 Å². The first-order valence-electron chi connectivity index (χ1n) is 5.20. The van der Waals surface area contributed by atoms with Gasteiger partial charge in [0, 0.05) is 6.42 Å². The molecule has 0 aromatic heterocycles. The minimum atomic E-state index is -0.346. The quantitative estimate of drug-likeness (QED) is 0.380. The highest BCUT2D eigenvalue weighted by atomic mass is 79.9. The monoisotopic (exact) mass is 260 g/mol. The third kappa shape index (κ3) is 7.31. The Labute approximate surface area is 96.1 Å². The molecular formula is C12H21BrO. The topological polar surface area (TPSA) is 17.1 Å².